The minimum Gasteiger partial charge on any atom is -0.459 e. The number of ether oxygens (including phenoxy) is 1. The predicted molar refractivity (Wildman–Crippen MR) is 61.1 cm³/mol. The van der Waals surface area contributed by atoms with E-state index in [1.807, 2.05) is 0 Å². The number of esters is 1. The summed E-state index contributed by atoms with van der Waals surface area (Å²) >= 11 is 0. The number of carbonyl (C=O) groups excluding carboxylic acids is 1. The zero-order valence-electron chi connectivity index (χ0n) is 10.7. The van der Waals surface area contributed by atoms with E-state index in [1.54, 1.807) is 20.8 Å². The van der Waals surface area contributed by atoms with E-state index in [2.05, 4.69) is 0 Å². The highest BCUT2D eigenvalue weighted by molar-refractivity contribution is 5.90. The molecule has 0 aliphatic rings. The van der Waals surface area contributed by atoms with Gasteiger partial charge < -0.3 is 4.74 Å². The highest BCUT2D eigenvalue weighted by atomic mass is 19.4. The van der Waals surface area contributed by atoms with Crippen molar-refractivity contribution < 1.29 is 27.1 Å². The third-order valence-corrected chi connectivity index (χ3v) is 2.76. The maximum Gasteiger partial charge on any atom is 0.419 e. The van der Waals surface area contributed by atoms with Crippen LogP contribution in [0.25, 0.3) is 0 Å². The van der Waals surface area contributed by atoms with Gasteiger partial charge in [-0.3, -0.25) is 0 Å². The highest BCUT2D eigenvalue weighted by Crippen LogP contribution is 2.32. The molecule has 0 aromatic heterocycles. The lowest BCUT2D eigenvalue weighted by molar-refractivity contribution is -0.140. The summed E-state index contributed by atoms with van der Waals surface area (Å²) in [6.07, 6.45) is -5.36. The van der Waals surface area contributed by atoms with Gasteiger partial charge in [0.25, 0.3) is 0 Å². The van der Waals surface area contributed by atoms with Crippen LogP contribution in [0.4, 0.5) is 17.6 Å². The van der Waals surface area contributed by atoms with Crippen LogP contribution >= 0.6 is 0 Å². The fourth-order valence-electron chi connectivity index (χ4n) is 1.28. The first kappa shape index (κ1) is 15.5. The van der Waals surface area contributed by atoms with E-state index in [4.69, 9.17) is 4.74 Å². The van der Waals surface area contributed by atoms with Crippen molar-refractivity contribution >= 4 is 5.97 Å². The van der Waals surface area contributed by atoms with Gasteiger partial charge in [0.05, 0.1) is 11.1 Å². The van der Waals surface area contributed by atoms with Crippen LogP contribution in [0.5, 0.6) is 0 Å². The van der Waals surface area contributed by atoms with Crippen molar-refractivity contribution in [2.45, 2.75) is 33.1 Å². The molecule has 0 bridgehead atoms. The zero-order valence-corrected chi connectivity index (χ0v) is 10.7. The first-order chi connectivity index (χ1) is 8.64. The van der Waals surface area contributed by atoms with Crippen LogP contribution in [-0.4, -0.2) is 12.1 Å². The van der Waals surface area contributed by atoms with E-state index in [1.165, 1.54) is 0 Å². The molecule has 1 aromatic rings. The number of benzene rings is 1. The molecule has 0 spiro atoms. The van der Waals surface area contributed by atoms with Crippen LogP contribution in [-0.2, 0) is 10.9 Å². The lowest BCUT2D eigenvalue weighted by atomic mass is 10.1. The average Bonchev–Trinajstić information content (AvgIpc) is 2.27. The van der Waals surface area contributed by atoms with E-state index in [0.717, 1.165) is 12.1 Å². The van der Waals surface area contributed by atoms with E-state index in [9.17, 15) is 22.4 Å². The normalized spacial score (nSPS) is 13.5. The molecule has 0 fully saturated rings. The molecule has 1 aromatic carbocycles. The molecule has 106 valence electrons. The summed E-state index contributed by atoms with van der Waals surface area (Å²) in [6, 6.07) is 2.53. The summed E-state index contributed by atoms with van der Waals surface area (Å²) in [5.74, 6) is -2.71. The van der Waals surface area contributed by atoms with Crippen molar-refractivity contribution in [2.24, 2.45) is 5.92 Å². The molecule has 0 amide bonds. The summed E-state index contributed by atoms with van der Waals surface area (Å²) in [4.78, 5) is 11.6. The van der Waals surface area contributed by atoms with Crippen molar-refractivity contribution in [2.75, 3.05) is 0 Å². The van der Waals surface area contributed by atoms with E-state index in [0.29, 0.717) is 6.07 Å². The standard InChI is InChI=1S/C13H14F4O2/c1-7(2)8(3)19-12(18)9-5-4-6-10(11(9)14)13(15,16)17/h4-8H,1-3H3. The molecule has 6 heteroatoms. The Balaban J connectivity index is 3.06. The van der Waals surface area contributed by atoms with Crippen LogP contribution in [0.3, 0.4) is 0 Å². The van der Waals surface area contributed by atoms with Gasteiger partial charge in [-0.2, -0.15) is 13.2 Å². The first-order valence-corrected chi connectivity index (χ1v) is 5.71. The Bertz CT molecular complexity index is 466. The second-order valence-corrected chi connectivity index (χ2v) is 4.52. The Labute approximate surface area is 108 Å². The van der Waals surface area contributed by atoms with Crippen molar-refractivity contribution in [1.29, 1.82) is 0 Å². The van der Waals surface area contributed by atoms with Gasteiger partial charge in [0.15, 0.2) is 0 Å². The summed E-state index contributed by atoms with van der Waals surface area (Å²) in [6.45, 7) is 5.15. The van der Waals surface area contributed by atoms with Gasteiger partial charge >= 0.3 is 12.1 Å². The van der Waals surface area contributed by atoms with Crippen LogP contribution in [0.1, 0.15) is 36.7 Å². The molecule has 19 heavy (non-hydrogen) atoms. The molecule has 0 saturated carbocycles. The molecule has 0 heterocycles. The molecule has 1 rings (SSSR count). The van der Waals surface area contributed by atoms with Gasteiger partial charge in [-0.1, -0.05) is 19.9 Å². The fraction of sp³-hybridized carbons (Fsp3) is 0.462. The zero-order chi connectivity index (χ0) is 14.8. The Hall–Kier alpha value is -1.59. The molecular formula is C13H14F4O2. The molecule has 0 radical (unpaired) electrons. The largest absolute Gasteiger partial charge is 0.459 e. The van der Waals surface area contributed by atoms with Crippen LogP contribution < -0.4 is 0 Å². The summed E-state index contributed by atoms with van der Waals surface area (Å²) < 4.78 is 56.0. The van der Waals surface area contributed by atoms with E-state index < -0.39 is 35.2 Å². The number of halogens is 4. The summed E-state index contributed by atoms with van der Waals surface area (Å²) in [5.41, 5.74) is -2.18. The maximum atomic E-state index is 13.6. The molecule has 1 atom stereocenters. The minimum absolute atomic E-state index is 0.0159. The molecule has 0 aliphatic carbocycles. The van der Waals surface area contributed by atoms with Gasteiger partial charge in [0, 0.05) is 0 Å². The lowest BCUT2D eigenvalue weighted by Crippen LogP contribution is -2.22. The SMILES string of the molecule is CC(C)C(C)OC(=O)c1cccc(C(F)(F)F)c1F. The third kappa shape index (κ3) is 3.68. The molecule has 0 N–H and O–H groups in total. The quantitative estimate of drug-likeness (QED) is 0.616. The Kier molecular flexibility index (Phi) is 4.55. The number of carbonyl (C=O) groups is 1. The maximum absolute atomic E-state index is 13.6. The monoisotopic (exact) mass is 278 g/mol. The highest BCUT2D eigenvalue weighted by Gasteiger charge is 2.36. The Morgan fingerprint density at radius 2 is 1.79 bits per heavy atom. The summed E-state index contributed by atoms with van der Waals surface area (Å²) in [7, 11) is 0. The van der Waals surface area contributed by atoms with Crippen LogP contribution in [0.2, 0.25) is 0 Å². The predicted octanol–water partition coefficient (Wildman–Crippen LogP) is 4.05. The van der Waals surface area contributed by atoms with Crippen LogP contribution in [0.15, 0.2) is 18.2 Å². The number of hydrogen-bond acceptors (Lipinski definition) is 2. The van der Waals surface area contributed by atoms with Gasteiger partial charge in [0.2, 0.25) is 0 Å². The topological polar surface area (TPSA) is 26.3 Å². The Morgan fingerprint density at radius 3 is 2.26 bits per heavy atom. The lowest BCUT2D eigenvalue weighted by Gasteiger charge is -2.17. The average molecular weight is 278 g/mol. The molecule has 0 saturated heterocycles. The molecular weight excluding hydrogens is 264 g/mol. The smallest absolute Gasteiger partial charge is 0.419 e. The van der Waals surface area contributed by atoms with Crippen molar-refractivity contribution in [3.63, 3.8) is 0 Å². The van der Waals surface area contributed by atoms with Gasteiger partial charge in [0.1, 0.15) is 11.9 Å². The van der Waals surface area contributed by atoms with E-state index in [-0.39, 0.29) is 5.92 Å². The summed E-state index contributed by atoms with van der Waals surface area (Å²) in [5, 5.41) is 0. The number of hydrogen-bond donors (Lipinski definition) is 0. The minimum atomic E-state index is -4.84. The number of rotatable bonds is 3. The Morgan fingerprint density at radius 1 is 1.21 bits per heavy atom. The van der Waals surface area contributed by atoms with Crippen LogP contribution in [0, 0.1) is 11.7 Å². The fourth-order valence-corrected chi connectivity index (χ4v) is 1.28. The first-order valence-electron chi connectivity index (χ1n) is 5.71. The molecule has 0 aliphatic heterocycles. The van der Waals surface area contributed by atoms with Crippen molar-refractivity contribution in [3.8, 4) is 0 Å². The second kappa shape index (κ2) is 5.59. The second-order valence-electron chi connectivity index (χ2n) is 4.52. The molecule has 1 unspecified atom stereocenters. The third-order valence-electron chi connectivity index (χ3n) is 2.76. The van der Waals surface area contributed by atoms with Gasteiger partial charge in [-0.05, 0) is 25.0 Å². The van der Waals surface area contributed by atoms with E-state index >= 15 is 0 Å². The molecule has 2 nitrogen and oxygen atoms in total. The number of alkyl halides is 3. The van der Waals surface area contributed by atoms with Crippen molar-refractivity contribution in [1.82, 2.24) is 0 Å². The van der Waals surface area contributed by atoms with Gasteiger partial charge in [-0.25, -0.2) is 9.18 Å². The van der Waals surface area contributed by atoms with Crippen molar-refractivity contribution in [3.05, 3.63) is 35.1 Å². The van der Waals surface area contributed by atoms with Gasteiger partial charge in [-0.15, -0.1) is 0 Å².